The molecule has 6 heteroatoms. The molecule has 0 atom stereocenters. The van der Waals surface area contributed by atoms with Crippen molar-refractivity contribution < 1.29 is 19.0 Å². The highest BCUT2D eigenvalue weighted by Gasteiger charge is 2.18. The summed E-state index contributed by atoms with van der Waals surface area (Å²) in [6.07, 6.45) is 1.30. The second-order valence-electron chi connectivity index (χ2n) is 4.57. The molecule has 106 valence electrons. The summed E-state index contributed by atoms with van der Waals surface area (Å²) in [7, 11) is 0. The van der Waals surface area contributed by atoms with Crippen LogP contribution in [0.1, 0.15) is 36.2 Å². The van der Waals surface area contributed by atoms with E-state index in [1.165, 1.54) is 18.3 Å². The third-order valence-electron chi connectivity index (χ3n) is 2.77. The van der Waals surface area contributed by atoms with Gasteiger partial charge in [-0.1, -0.05) is 6.07 Å². The van der Waals surface area contributed by atoms with E-state index in [4.69, 9.17) is 9.84 Å². The first kappa shape index (κ1) is 14.0. The maximum atomic E-state index is 13.0. The molecule has 0 fully saturated rings. The number of hydrogen-bond donors (Lipinski definition) is 1. The fraction of sp³-hybridized carbons (Fsp3) is 0.286. The molecule has 2 aromatic rings. The smallest absolute Gasteiger partial charge is 0.354 e. The van der Waals surface area contributed by atoms with Crippen molar-refractivity contribution in [1.29, 1.82) is 0 Å². The standard InChI is InChI=1S/C14H15FN2O3/c1-9(2)17-12(14(18)19)7-16-13(17)8-20-11-5-3-4-10(15)6-11/h3-7,9H,8H2,1-2H3,(H,18,19). The van der Waals surface area contributed by atoms with Crippen molar-refractivity contribution in [2.24, 2.45) is 0 Å². The molecule has 5 nitrogen and oxygen atoms in total. The van der Waals surface area contributed by atoms with Gasteiger partial charge in [0.25, 0.3) is 0 Å². The number of imidazole rings is 1. The molecule has 0 amide bonds. The summed E-state index contributed by atoms with van der Waals surface area (Å²) < 4.78 is 20.1. The van der Waals surface area contributed by atoms with E-state index in [2.05, 4.69) is 4.98 Å². The van der Waals surface area contributed by atoms with Crippen molar-refractivity contribution in [3.63, 3.8) is 0 Å². The molecule has 0 aliphatic carbocycles. The molecule has 0 bridgehead atoms. The lowest BCUT2D eigenvalue weighted by Gasteiger charge is -2.14. The van der Waals surface area contributed by atoms with Gasteiger partial charge in [-0.15, -0.1) is 0 Å². The molecule has 1 heterocycles. The Bertz CT molecular complexity index is 623. The summed E-state index contributed by atoms with van der Waals surface area (Å²) >= 11 is 0. The summed E-state index contributed by atoms with van der Waals surface area (Å²) in [6, 6.07) is 5.70. The lowest BCUT2D eigenvalue weighted by atomic mass is 10.3. The third kappa shape index (κ3) is 2.96. The number of carbonyl (C=O) groups is 1. The number of aromatic carboxylic acids is 1. The Balaban J connectivity index is 2.19. The van der Waals surface area contributed by atoms with Gasteiger partial charge in [-0.2, -0.15) is 0 Å². The van der Waals surface area contributed by atoms with Crippen molar-refractivity contribution in [2.75, 3.05) is 0 Å². The number of benzene rings is 1. The van der Waals surface area contributed by atoms with Crippen LogP contribution in [0.5, 0.6) is 5.75 Å². The first-order valence-corrected chi connectivity index (χ1v) is 6.17. The minimum atomic E-state index is -1.04. The third-order valence-corrected chi connectivity index (χ3v) is 2.77. The summed E-state index contributed by atoms with van der Waals surface area (Å²) in [5, 5.41) is 9.10. The Morgan fingerprint density at radius 2 is 2.25 bits per heavy atom. The average molecular weight is 278 g/mol. The molecular weight excluding hydrogens is 263 g/mol. The van der Waals surface area contributed by atoms with Gasteiger partial charge in [0.2, 0.25) is 0 Å². The molecule has 1 aromatic heterocycles. The van der Waals surface area contributed by atoms with Crippen LogP contribution >= 0.6 is 0 Å². The van der Waals surface area contributed by atoms with E-state index in [0.29, 0.717) is 11.6 Å². The van der Waals surface area contributed by atoms with Gasteiger partial charge in [0.1, 0.15) is 29.7 Å². The minimum Gasteiger partial charge on any atom is -0.486 e. The summed E-state index contributed by atoms with van der Waals surface area (Å²) in [5.74, 6) is -0.564. The normalized spacial score (nSPS) is 10.8. The Hall–Kier alpha value is -2.37. The molecule has 0 saturated carbocycles. The second kappa shape index (κ2) is 5.73. The van der Waals surface area contributed by atoms with Gasteiger partial charge >= 0.3 is 5.97 Å². The number of carboxylic acids is 1. The predicted octanol–water partition coefficient (Wildman–Crippen LogP) is 2.88. The largest absolute Gasteiger partial charge is 0.486 e. The van der Waals surface area contributed by atoms with Gasteiger partial charge in [0, 0.05) is 12.1 Å². The van der Waals surface area contributed by atoms with E-state index < -0.39 is 5.97 Å². The van der Waals surface area contributed by atoms with Gasteiger partial charge in [-0.3, -0.25) is 0 Å². The second-order valence-corrected chi connectivity index (χ2v) is 4.57. The molecule has 0 unspecified atom stereocenters. The van der Waals surface area contributed by atoms with Crippen molar-refractivity contribution in [2.45, 2.75) is 26.5 Å². The molecule has 0 saturated heterocycles. The van der Waals surface area contributed by atoms with Crippen LogP contribution in [0.15, 0.2) is 30.5 Å². The van der Waals surface area contributed by atoms with Gasteiger partial charge in [0.15, 0.2) is 0 Å². The summed E-state index contributed by atoms with van der Waals surface area (Å²) in [5.41, 5.74) is 0.109. The molecule has 2 rings (SSSR count). The van der Waals surface area contributed by atoms with Gasteiger partial charge < -0.3 is 14.4 Å². The van der Waals surface area contributed by atoms with E-state index in [-0.39, 0.29) is 24.2 Å². The molecule has 1 N–H and O–H groups in total. The van der Waals surface area contributed by atoms with Crippen molar-refractivity contribution in [3.8, 4) is 5.75 Å². The van der Waals surface area contributed by atoms with E-state index in [1.54, 1.807) is 16.7 Å². The monoisotopic (exact) mass is 278 g/mol. The SMILES string of the molecule is CC(C)n1c(C(=O)O)cnc1COc1cccc(F)c1. The van der Waals surface area contributed by atoms with E-state index in [1.807, 2.05) is 13.8 Å². The highest BCUT2D eigenvalue weighted by molar-refractivity contribution is 5.85. The Morgan fingerprint density at radius 1 is 1.50 bits per heavy atom. The van der Waals surface area contributed by atoms with Crippen molar-refractivity contribution >= 4 is 5.97 Å². The maximum absolute atomic E-state index is 13.0. The van der Waals surface area contributed by atoms with Crippen LogP contribution in [0, 0.1) is 5.82 Å². The van der Waals surface area contributed by atoms with Gasteiger partial charge in [0.05, 0.1) is 6.20 Å². The molecule has 0 spiro atoms. The number of rotatable bonds is 5. The first-order chi connectivity index (χ1) is 9.49. The minimum absolute atomic E-state index is 0.0605. The number of carboxylic acid groups (broad SMARTS) is 1. The van der Waals surface area contributed by atoms with Crippen LogP contribution in [0.25, 0.3) is 0 Å². The van der Waals surface area contributed by atoms with Crippen LogP contribution in [0.2, 0.25) is 0 Å². The van der Waals surface area contributed by atoms with E-state index in [0.717, 1.165) is 0 Å². The zero-order valence-corrected chi connectivity index (χ0v) is 11.2. The number of aromatic nitrogens is 2. The van der Waals surface area contributed by atoms with Crippen LogP contribution < -0.4 is 4.74 Å². The van der Waals surface area contributed by atoms with Crippen molar-refractivity contribution in [1.82, 2.24) is 9.55 Å². The summed E-state index contributed by atoms with van der Waals surface area (Å²) in [6.45, 7) is 3.80. The number of hydrogen-bond acceptors (Lipinski definition) is 3. The zero-order chi connectivity index (χ0) is 14.7. The predicted molar refractivity (Wildman–Crippen MR) is 70.3 cm³/mol. The van der Waals surface area contributed by atoms with Crippen LogP contribution in [-0.2, 0) is 6.61 Å². The van der Waals surface area contributed by atoms with Crippen LogP contribution in [0.3, 0.4) is 0 Å². The van der Waals surface area contributed by atoms with Crippen molar-refractivity contribution in [3.05, 3.63) is 47.8 Å². The first-order valence-electron chi connectivity index (χ1n) is 6.17. The van der Waals surface area contributed by atoms with Crippen LogP contribution in [0.4, 0.5) is 4.39 Å². The fourth-order valence-electron chi connectivity index (χ4n) is 1.95. The highest BCUT2D eigenvalue weighted by atomic mass is 19.1. The number of ether oxygens (including phenoxy) is 1. The van der Waals surface area contributed by atoms with E-state index >= 15 is 0 Å². The molecule has 0 aliphatic heterocycles. The zero-order valence-electron chi connectivity index (χ0n) is 11.2. The van der Waals surface area contributed by atoms with Gasteiger partial charge in [-0.05, 0) is 26.0 Å². The molecule has 20 heavy (non-hydrogen) atoms. The molecule has 0 radical (unpaired) electrons. The number of nitrogens with zero attached hydrogens (tertiary/aromatic N) is 2. The summed E-state index contributed by atoms with van der Waals surface area (Å²) in [4.78, 5) is 15.2. The fourth-order valence-corrected chi connectivity index (χ4v) is 1.95. The van der Waals surface area contributed by atoms with Gasteiger partial charge in [-0.25, -0.2) is 14.2 Å². The Labute approximate surface area is 115 Å². The lowest BCUT2D eigenvalue weighted by Crippen LogP contribution is -2.15. The highest BCUT2D eigenvalue weighted by Crippen LogP contribution is 2.17. The molecule has 1 aromatic carbocycles. The van der Waals surface area contributed by atoms with E-state index in [9.17, 15) is 9.18 Å². The lowest BCUT2D eigenvalue weighted by molar-refractivity contribution is 0.0682. The number of halogens is 1. The topological polar surface area (TPSA) is 64.4 Å². The molecule has 0 aliphatic rings. The average Bonchev–Trinajstić information content (AvgIpc) is 2.80. The van der Waals surface area contributed by atoms with Crippen LogP contribution in [-0.4, -0.2) is 20.6 Å². The Kier molecular flexibility index (Phi) is 4.02. The maximum Gasteiger partial charge on any atom is 0.354 e. The quantitative estimate of drug-likeness (QED) is 0.913. The molecular formula is C14H15FN2O3. The Morgan fingerprint density at radius 3 is 2.85 bits per heavy atom.